The third kappa shape index (κ3) is 16.6. The van der Waals surface area contributed by atoms with E-state index in [1.165, 1.54) is 0 Å². The highest BCUT2D eigenvalue weighted by Gasteiger charge is 2.55. The van der Waals surface area contributed by atoms with Crippen molar-refractivity contribution >= 4 is 44.3 Å². The molecular weight excluding hydrogens is 553 g/mol. The van der Waals surface area contributed by atoms with Crippen LogP contribution in [0.2, 0.25) is 39.3 Å². The molecule has 0 aromatic rings. The summed E-state index contributed by atoms with van der Waals surface area (Å²) in [5.74, 6) is 0. The number of hydrogen-bond donors (Lipinski definition) is 0. The molecule has 0 fully saturated rings. The van der Waals surface area contributed by atoms with Crippen LogP contribution in [-0.4, -0.2) is 77.3 Å². The average molecular weight is 607 g/mol. The summed E-state index contributed by atoms with van der Waals surface area (Å²) in [6.07, 6.45) is 4.24. The molecule has 36 heavy (non-hydrogen) atoms. The fourth-order valence-electron chi connectivity index (χ4n) is 2.94. The van der Waals surface area contributed by atoms with E-state index in [1.54, 1.807) is 6.55 Å². The highest BCUT2D eigenvalue weighted by atomic mass is 28.5. The summed E-state index contributed by atoms with van der Waals surface area (Å²) in [6, 6.07) is 0. The Morgan fingerprint density at radius 1 is 0.500 bits per heavy atom. The summed E-state index contributed by atoms with van der Waals surface area (Å²) in [6.45, 7) is 24.2. The third-order valence-electron chi connectivity index (χ3n) is 4.43. The molecule has 0 aromatic carbocycles. The lowest BCUT2D eigenvalue weighted by Crippen LogP contribution is -2.62. The van der Waals surface area contributed by atoms with Gasteiger partial charge in [0.05, 0.1) is 0 Å². The summed E-state index contributed by atoms with van der Waals surface area (Å²) in [5, 5.41) is 0. The van der Waals surface area contributed by atoms with Gasteiger partial charge in [-0.2, -0.15) is 0 Å². The van der Waals surface area contributed by atoms with E-state index in [1.807, 2.05) is 53.5 Å². The van der Waals surface area contributed by atoms with Crippen LogP contribution < -0.4 is 0 Å². The minimum Gasteiger partial charge on any atom is -0.397 e. The summed E-state index contributed by atoms with van der Waals surface area (Å²) < 4.78 is 61.5. The quantitative estimate of drug-likeness (QED) is 0.0810. The Hall–Kier alpha value is 0.684. The van der Waals surface area contributed by atoms with Crippen LogP contribution in [0.1, 0.15) is 66.7 Å². The Balaban J connectivity index is 5.85. The average Bonchev–Trinajstić information content (AvgIpc) is 2.81. The largest absolute Gasteiger partial charge is 0.518 e. The minimum atomic E-state index is -3.38. The molecule has 0 aliphatic carbocycles. The molecule has 0 bridgehead atoms. The Morgan fingerprint density at radius 2 is 0.917 bits per heavy atom. The van der Waals surface area contributed by atoms with Crippen LogP contribution in [0.4, 0.5) is 0 Å². The van der Waals surface area contributed by atoms with E-state index < -0.39 is 44.3 Å². The van der Waals surface area contributed by atoms with Gasteiger partial charge in [-0.3, -0.25) is 4.58 Å². The molecule has 0 heterocycles. The minimum absolute atomic E-state index is 0.453. The summed E-state index contributed by atoms with van der Waals surface area (Å²) >= 11 is 0. The van der Waals surface area contributed by atoms with Crippen molar-refractivity contribution in [3.63, 3.8) is 0 Å². The van der Waals surface area contributed by atoms with Gasteiger partial charge in [0.1, 0.15) is 0 Å². The van der Waals surface area contributed by atoms with Crippen LogP contribution in [0.5, 0.6) is 0 Å². The molecule has 0 aliphatic rings. The molecule has 4 unspecified atom stereocenters. The first-order chi connectivity index (χ1) is 16.8. The molecule has 0 aliphatic heterocycles. The van der Waals surface area contributed by atoms with Gasteiger partial charge in [0.25, 0.3) is 0 Å². The second-order valence-electron chi connectivity index (χ2n) is 9.31. The second-order valence-corrected chi connectivity index (χ2v) is 22.8. The molecule has 0 saturated heterocycles. The molecule has 0 rings (SSSR count). The summed E-state index contributed by atoms with van der Waals surface area (Å²) in [7, 11) is -14.4. The van der Waals surface area contributed by atoms with Gasteiger partial charge in [-0.1, -0.05) is 34.6 Å². The Bertz CT molecular complexity index is 567. The van der Waals surface area contributed by atoms with Crippen molar-refractivity contribution in [3.05, 3.63) is 0 Å². The third-order valence-corrected chi connectivity index (χ3v) is 18.2. The maximum Gasteiger partial charge on any atom is 0.518 e. The van der Waals surface area contributed by atoms with Crippen molar-refractivity contribution in [1.82, 2.24) is 0 Å². The van der Waals surface area contributed by atoms with E-state index in [9.17, 15) is 0 Å². The van der Waals surface area contributed by atoms with Gasteiger partial charge in [0, 0.05) is 52.7 Å². The topological polar surface area (TPSA) is 92.3 Å². The van der Waals surface area contributed by atoms with Crippen molar-refractivity contribution in [3.8, 4) is 0 Å². The first kappa shape index (κ1) is 36.7. The SMILES string of the molecule is CCCO[SiH](C)O[Si](C)(OCCC)O[Si](C)(OCCC)O[Si](C)(OCCC)OO[Si](C)(C)OCCC. The van der Waals surface area contributed by atoms with Crippen LogP contribution in [0.15, 0.2) is 0 Å². The molecule has 10 nitrogen and oxygen atoms in total. The molecule has 15 heteroatoms. The Kier molecular flexibility index (Phi) is 19.2. The van der Waals surface area contributed by atoms with E-state index in [4.69, 9.17) is 43.6 Å². The zero-order valence-corrected chi connectivity index (χ0v) is 29.9. The fraction of sp³-hybridized carbons (Fsp3) is 1.00. The van der Waals surface area contributed by atoms with Gasteiger partial charge in [-0.15, -0.1) is 0 Å². The van der Waals surface area contributed by atoms with Gasteiger partial charge < -0.3 is 34.5 Å². The molecule has 218 valence electrons. The number of hydrogen-bond acceptors (Lipinski definition) is 10. The molecule has 0 amide bonds. The van der Waals surface area contributed by atoms with Crippen LogP contribution >= 0.6 is 0 Å². The van der Waals surface area contributed by atoms with Crippen LogP contribution in [0.25, 0.3) is 0 Å². The highest BCUT2D eigenvalue weighted by molar-refractivity contribution is 6.81. The summed E-state index contributed by atoms with van der Waals surface area (Å²) in [4.78, 5) is 0. The van der Waals surface area contributed by atoms with Gasteiger partial charge in [-0.05, 0) is 51.7 Å². The highest BCUT2D eigenvalue weighted by Crippen LogP contribution is 2.27. The zero-order chi connectivity index (χ0) is 27.7. The lowest BCUT2D eigenvalue weighted by atomic mass is 10.5. The Labute approximate surface area is 226 Å². The summed E-state index contributed by atoms with van der Waals surface area (Å²) in [5.41, 5.74) is 0. The van der Waals surface area contributed by atoms with Gasteiger partial charge in [0.2, 0.25) is 0 Å². The first-order valence-corrected chi connectivity index (χ1v) is 25.0. The van der Waals surface area contributed by atoms with Gasteiger partial charge >= 0.3 is 44.3 Å². The van der Waals surface area contributed by atoms with Crippen molar-refractivity contribution in [2.75, 3.05) is 33.0 Å². The lowest BCUT2D eigenvalue weighted by molar-refractivity contribution is -0.183. The van der Waals surface area contributed by atoms with Crippen molar-refractivity contribution in [1.29, 1.82) is 0 Å². The van der Waals surface area contributed by atoms with Gasteiger partial charge in [-0.25, -0.2) is 4.58 Å². The number of rotatable bonds is 24. The smallest absolute Gasteiger partial charge is 0.397 e. The van der Waals surface area contributed by atoms with Crippen LogP contribution in [0, 0.1) is 0 Å². The predicted molar refractivity (Wildman–Crippen MR) is 152 cm³/mol. The molecule has 0 spiro atoms. The molecule has 0 saturated carbocycles. The zero-order valence-electron chi connectivity index (χ0n) is 24.7. The Morgan fingerprint density at radius 3 is 1.42 bits per heavy atom. The van der Waals surface area contributed by atoms with E-state index in [2.05, 4.69) is 13.8 Å². The molecule has 0 N–H and O–H groups in total. The molecular formula is C21H54O10Si5. The van der Waals surface area contributed by atoms with E-state index >= 15 is 0 Å². The molecule has 4 atom stereocenters. The van der Waals surface area contributed by atoms with E-state index in [-0.39, 0.29) is 0 Å². The maximum absolute atomic E-state index is 6.60. The van der Waals surface area contributed by atoms with Crippen molar-refractivity contribution in [2.24, 2.45) is 0 Å². The monoisotopic (exact) mass is 606 g/mol. The molecule has 0 aromatic heterocycles. The maximum atomic E-state index is 6.60. The van der Waals surface area contributed by atoms with Crippen LogP contribution in [0.3, 0.4) is 0 Å². The second kappa shape index (κ2) is 18.9. The normalized spacial score (nSPS) is 18.4. The van der Waals surface area contributed by atoms with E-state index in [0.29, 0.717) is 33.0 Å². The lowest BCUT2D eigenvalue weighted by Gasteiger charge is -2.39. The first-order valence-electron chi connectivity index (χ1n) is 13.4. The molecule has 0 radical (unpaired) electrons. The van der Waals surface area contributed by atoms with E-state index in [0.717, 1.165) is 32.1 Å². The standard InChI is InChI=1S/C21H54O10Si5/c1-12-17-22-32(6)29-35(10,25-20-15-4)31-36(11,26-21-16-5)30-34(9,24-19-14-3)28-27-33(7,8)23-18-13-2/h32H,12-21H2,1-11H3. The van der Waals surface area contributed by atoms with Crippen molar-refractivity contribution in [2.45, 2.75) is 106 Å². The van der Waals surface area contributed by atoms with Gasteiger partial charge in [0.15, 0.2) is 0 Å². The van der Waals surface area contributed by atoms with Crippen molar-refractivity contribution < 1.29 is 43.6 Å². The predicted octanol–water partition coefficient (Wildman–Crippen LogP) is 5.38. The fourth-order valence-corrected chi connectivity index (χ4v) is 18.0. The van der Waals surface area contributed by atoms with Crippen LogP contribution in [-0.2, 0) is 43.6 Å².